The van der Waals surface area contributed by atoms with E-state index in [1.165, 1.54) is 0 Å². The highest BCUT2D eigenvalue weighted by Crippen LogP contribution is 2.26. The van der Waals surface area contributed by atoms with E-state index in [0.29, 0.717) is 0 Å². The molecule has 3 aromatic rings. The molecule has 0 unspecified atom stereocenters. The van der Waals surface area contributed by atoms with E-state index in [9.17, 15) is 0 Å². The lowest BCUT2D eigenvalue weighted by Gasteiger charge is -1.87. The standard InChI is InChI=1S/C10H5IO2/c11-10-5-7-4-8-6(1-2-12-8)3-9(7)13-10/h1-5H. The number of fused-ring (bicyclic) bond motifs is 2. The van der Waals surface area contributed by atoms with Gasteiger partial charge in [-0.2, -0.15) is 0 Å². The fourth-order valence-corrected chi connectivity index (χ4v) is 2.04. The lowest BCUT2D eigenvalue weighted by atomic mass is 10.2. The second-order valence-electron chi connectivity index (χ2n) is 2.90. The van der Waals surface area contributed by atoms with Crippen molar-refractivity contribution < 1.29 is 8.83 Å². The summed E-state index contributed by atoms with van der Waals surface area (Å²) in [6.45, 7) is 0. The minimum atomic E-state index is 0.903. The van der Waals surface area contributed by atoms with Crippen molar-refractivity contribution in [3.05, 3.63) is 34.3 Å². The SMILES string of the molecule is Ic1cc2cc3occc3cc2o1. The van der Waals surface area contributed by atoms with Crippen molar-refractivity contribution in [2.24, 2.45) is 0 Å². The summed E-state index contributed by atoms with van der Waals surface area (Å²) in [5.74, 6) is 0. The van der Waals surface area contributed by atoms with Crippen molar-refractivity contribution in [2.75, 3.05) is 0 Å². The van der Waals surface area contributed by atoms with Gasteiger partial charge in [0, 0.05) is 10.8 Å². The van der Waals surface area contributed by atoms with Gasteiger partial charge >= 0.3 is 0 Å². The van der Waals surface area contributed by atoms with E-state index in [-0.39, 0.29) is 0 Å². The zero-order valence-electron chi connectivity index (χ0n) is 6.58. The van der Waals surface area contributed by atoms with E-state index in [4.69, 9.17) is 8.83 Å². The van der Waals surface area contributed by atoms with Gasteiger partial charge in [-0.3, -0.25) is 0 Å². The number of halogens is 1. The Kier molecular flexibility index (Phi) is 1.44. The second-order valence-corrected chi connectivity index (χ2v) is 3.96. The molecule has 0 atom stereocenters. The van der Waals surface area contributed by atoms with E-state index in [0.717, 1.165) is 25.7 Å². The molecule has 2 heterocycles. The van der Waals surface area contributed by atoms with Gasteiger partial charge in [0.15, 0.2) is 3.77 Å². The maximum atomic E-state index is 5.49. The molecular formula is C10H5IO2. The van der Waals surface area contributed by atoms with Crippen LogP contribution < -0.4 is 0 Å². The van der Waals surface area contributed by atoms with Crippen molar-refractivity contribution in [2.45, 2.75) is 0 Å². The van der Waals surface area contributed by atoms with Gasteiger partial charge in [0.1, 0.15) is 11.2 Å². The summed E-state index contributed by atoms with van der Waals surface area (Å²) in [6, 6.07) is 7.93. The van der Waals surface area contributed by atoms with E-state index in [1.807, 2.05) is 24.3 Å². The van der Waals surface area contributed by atoms with Crippen LogP contribution in [0.4, 0.5) is 0 Å². The zero-order chi connectivity index (χ0) is 8.84. The van der Waals surface area contributed by atoms with Crippen LogP contribution in [0.1, 0.15) is 0 Å². The zero-order valence-corrected chi connectivity index (χ0v) is 8.74. The molecule has 0 saturated carbocycles. The Bertz CT molecular complexity index is 529. The van der Waals surface area contributed by atoms with Crippen LogP contribution in [0.5, 0.6) is 0 Å². The predicted octanol–water partition coefficient (Wildman–Crippen LogP) is 3.78. The largest absolute Gasteiger partial charge is 0.464 e. The van der Waals surface area contributed by atoms with Gasteiger partial charge in [-0.05, 0) is 46.9 Å². The maximum absolute atomic E-state index is 5.49. The second kappa shape index (κ2) is 2.51. The summed E-state index contributed by atoms with van der Waals surface area (Å²) < 4.78 is 11.7. The van der Waals surface area contributed by atoms with Gasteiger partial charge in [0.05, 0.1) is 6.26 Å². The highest BCUT2D eigenvalue weighted by atomic mass is 127. The summed E-state index contributed by atoms with van der Waals surface area (Å²) in [6.07, 6.45) is 1.69. The lowest BCUT2D eigenvalue weighted by molar-refractivity contribution is 0.584. The number of benzene rings is 1. The smallest absolute Gasteiger partial charge is 0.165 e. The molecule has 64 valence electrons. The van der Waals surface area contributed by atoms with E-state index in [2.05, 4.69) is 22.6 Å². The first-order chi connectivity index (χ1) is 6.33. The van der Waals surface area contributed by atoms with Crippen LogP contribution >= 0.6 is 22.6 Å². The quantitative estimate of drug-likeness (QED) is 0.587. The first-order valence-corrected chi connectivity index (χ1v) is 4.97. The molecule has 0 bridgehead atoms. The van der Waals surface area contributed by atoms with Gasteiger partial charge in [-0.1, -0.05) is 0 Å². The first kappa shape index (κ1) is 7.44. The summed E-state index contributed by atoms with van der Waals surface area (Å²) in [5.41, 5.74) is 1.82. The molecule has 0 saturated heterocycles. The molecule has 0 fully saturated rings. The van der Waals surface area contributed by atoms with Gasteiger partial charge < -0.3 is 8.83 Å². The van der Waals surface area contributed by atoms with Crippen molar-refractivity contribution in [3.63, 3.8) is 0 Å². The third kappa shape index (κ3) is 1.07. The Morgan fingerprint density at radius 3 is 2.77 bits per heavy atom. The third-order valence-electron chi connectivity index (χ3n) is 2.06. The summed E-state index contributed by atoms with van der Waals surface area (Å²) >= 11 is 2.16. The molecule has 1 aromatic carbocycles. The fourth-order valence-electron chi connectivity index (χ4n) is 1.46. The lowest BCUT2D eigenvalue weighted by Crippen LogP contribution is -1.63. The topological polar surface area (TPSA) is 26.3 Å². The molecule has 13 heavy (non-hydrogen) atoms. The molecule has 0 amide bonds. The Morgan fingerprint density at radius 1 is 1.00 bits per heavy atom. The van der Waals surface area contributed by atoms with E-state index >= 15 is 0 Å². The number of hydrogen-bond acceptors (Lipinski definition) is 2. The van der Waals surface area contributed by atoms with Crippen LogP contribution in [0.15, 0.2) is 39.4 Å². The summed E-state index contributed by atoms with van der Waals surface area (Å²) in [5, 5.41) is 2.17. The number of hydrogen-bond donors (Lipinski definition) is 0. The third-order valence-corrected chi connectivity index (χ3v) is 2.59. The number of furan rings is 2. The van der Waals surface area contributed by atoms with Gasteiger partial charge in [-0.15, -0.1) is 0 Å². The Hall–Kier alpha value is -0.970. The molecule has 0 spiro atoms. The van der Waals surface area contributed by atoms with E-state index in [1.54, 1.807) is 6.26 Å². The molecule has 2 aromatic heterocycles. The van der Waals surface area contributed by atoms with Crippen LogP contribution in [0.25, 0.3) is 21.9 Å². The molecule has 2 nitrogen and oxygen atoms in total. The molecule has 3 heteroatoms. The van der Waals surface area contributed by atoms with E-state index < -0.39 is 0 Å². The summed E-state index contributed by atoms with van der Waals surface area (Å²) in [4.78, 5) is 0. The van der Waals surface area contributed by atoms with Crippen LogP contribution in [0, 0.1) is 3.77 Å². The van der Waals surface area contributed by atoms with Crippen molar-refractivity contribution in [3.8, 4) is 0 Å². The van der Waals surface area contributed by atoms with Gasteiger partial charge in [0.2, 0.25) is 0 Å². The number of rotatable bonds is 0. The minimum Gasteiger partial charge on any atom is -0.464 e. The average molecular weight is 284 g/mol. The molecule has 0 N–H and O–H groups in total. The highest BCUT2D eigenvalue weighted by molar-refractivity contribution is 14.1. The Labute approximate surface area is 87.6 Å². The van der Waals surface area contributed by atoms with Gasteiger partial charge in [0.25, 0.3) is 0 Å². The molecule has 3 rings (SSSR count). The highest BCUT2D eigenvalue weighted by Gasteiger charge is 2.04. The average Bonchev–Trinajstić information content (AvgIpc) is 2.63. The Morgan fingerprint density at radius 2 is 1.85 bits per heavy atom. The minimum absolute atomic E-state index is 0.903. The van der Waals surface area contributed by atoms with Crippen LogP contribution in [-0.2, 0) is 0 Å². The molecule has 0 aliphatic rings. The van der Waals surface area contributed by atoms with Crippen LogP contribution in [0.2, 0.25) is 0 Å². The normalized spacial score (nSPS) is 11.5. The van der Waals surface area contributed by atoms with Crippen LogP contribution in [0.3, 0.4) is 0 Å². The van der Waals surface area contributed by atoms with Crippen molar-refractivity contribution >= 4 is 44.5 Å². The van der Waals surface area contributed by atoms with Gasteiger partial charge in [-0.25, -0.2) is 0 Å². The van der Waals surface area contributed by atoms with Crippen molar-refractivity contribution in [1.82, 2.24) is 0 Å². The predicted molar refractivity (Wildman–Crippen MR) is 58.7 cm³/mol. The molecule has 0 radical (unpaired) electrons. The maximum Gasteiger partial charge on any atom is 0.165 e. The first-order valence-electron chi connectivity index (χ1n) is 3.89. The molecule has 0 aliphatic carbocycles. The van der Waals surface area contributed by atoms with Crippen LogP contribution in [-0.4, -0.2) is 0 Å². The molecular weight excluding hydrogens is 279 g/mol. The molecule has 0 aliphatic heterocycles. The Balaban J connectivity index is 2.54. The summed E-state index contributed by atoms with van der Waals surface area (Å²) in [7, 11) is 0. The monoisotopic (exact) mass is 284 g/mol. The van der Waals surface area contributed by atoms with Crippen molar-refractivity contribution in [1.29, 1.82) is 0 Å². The fraction of sp³-hybridized carbons (Fsp3) is 0.